The summed E-state index contributed by atoms with van der Waals surface area (Å²) >= 11 is 0. The van der Waals surface area contributed by atoms with Crippen molar-refractivity contribution >= 4 is 23.9 Å². The number of fused-ring (bicyclic) bond motifs is 1. The molecule has 1 aliphatic heterocycles. The summed E-state index contributed by atoms with van der Waals surface area (Å²) in [4.78, 5) is 0. The zero-order valence-corrected chi connectivity index (χ0v) is 17.4. The first-order valence-corrected chi connectivity index (χ1v) is 10.5. The molecule has 1 saturated heterocycles. The summed E-state index contributed by atoms with van der Waals surface area (Å²) in [7, 11) is 0. The summed E-state index contributed by atoms with van der Waals surface area (Å²) in [5.74, 6) is 0. The molecule has 28 heavy (non-hydrogen) atoms. The molecule has 0 spiro atoms. The van der Waals surface area contributed by atoms with Crippen molar-refractivity contribution < 1.29 is 0 Å². The molecule has 2 aromatic rings. The number of hydrogen-bond donors (Lipinski definition) is 1. The quantitative estimate of drug-likeness (QED) is 0.478. The monoisotopic (exact) mass is 374 g/mol. The van der Waals surface area contributed by atoms with Gasteiger partial charge in [-0.1, -0.05) is 62.9 Å². The molecule has 1 atom stereocenters. The van der Waals surface area contributed by atoms with E-state index in [2.05, 4.69) is 67.9 Å². The maximum absolute atomic E-state index is 4.46. The van der Waals surface area contributed by atoms with Gasteiger partial charge < -0.3 is 9.88 Å². The molecule has 2 nitrogen and oxygen atoms in total. The van der Waals surface area contributed by atoms with Crippen LogP contribution in [0.3, 0.4) is 0 Å². The minimum atomic E-state index is 0.188. The highest BCUT2D eigenvalue weighted by atomic mass is 15.1. The van der Waals surface area contributed by atoms with E-state index in [9.17, 15) is 0 Å². The number of allylic oxidation sites excluding steroid dienone is 3. The normalized spacial score (nSPS) is 17.1. The second-order valence-corrected chi connectivity index (χ2v) is 8.28. The summed E-state index contributed by atoms with van der Waals surface area (Å²) in [5, 5.41) is 7.95. The molecule has 0 bridgehead atoms. The molecular formula is C26H34N2. The van der Waals surface area contributed by atoms with E-state index in [1.54, 1.807) is 0 Å². The molecule has 1 aromatic carbocycles. The molecule has 0 saturated carbocycles. The fourth-order valence-electron chi connectivity index (χ4n) is 4.42. The van der Waals surface area contributed by atoms with Gasteiger partial charge in [-0.3, -0.25) is 0 Å². The molecule has 0 radical (unpaired) electrons. The fraction of sp³-hybridized carbons (Fsp3) is 0.385. The van der Waals surface area contributed by atoms with Crippen LogP contribution in [-0.4, -0.2) is 4.57 Å². The molecule has 1 N–H and O–H groups in total. The second-order valence-electron chi connectivity index (χ2n) is 8.28. The van der Waals surface area contributed by atoms with Gasteiger partial charge in [-0.05, 0) is 51.0 Å². The van der Waals surface area contributed by atoms with Crippen molar-refractivity contribution in [3.05, 3.63) is 71.2 Å². The summed E-state index contributed by atoms with van der Waals surface area (Å²) in [6.07, 6.45) is 9.20. The van der Waals surface area contributed by atoms with Crippen molar-refractivity contribution in [1.29, 1.82) is 0 Å². The number of unbranched alkanes of at least 4 members (excludes halogenated alkanes) is 3. The summed E-state index contributed by atoms with van der Waals surface area (Å²) in [6, 6.07) is 6.78. The molecule has 2 heterocycles. The van der Waals surface area contributed by atoms with Crippen LogP contribution in [0.15, 0.2) is 54.9 Å². The van der Waals surface area contributed by atoms with E-state index < -0.39 is 0 Å². The van der Waals surface area contributed by atoms with Crippen LogP contribution in [0.4, 0.5) is 0 Å². The number of hydrogen-bond acceptors (Lipinski definition) is 1. The van der Waals surface area contributed by atoms with E-state index in [0.717, 1.165) is 47.8 Å². The molecule has 1 aliphatic rings. The maximum Gasteiger partial charge on any atom is 0.0738 e. The van der Waals surface area contributed by atoms with Gasteiger partial charge in [0, 0.05) is 32.9 Å². The third-order valence-electron chi connectivity index (χ3n) is 5.90. The third kappa shape index (κ3) is 4.16. The Balaban J connectivity index is 1.81. The van der Waals surface area contributed by atoms with Crippen LogP contribution in [-0.2, 0) is 6.42 Å². The average Bonchev–Trinajstić information content (AvgIpc) is 2.90. The van der Waals surface area contributed by atoms with Crippen LogP contribution in [0.25, 0.3) is 23.9 Å². The Morgan fingerprint density at radius 1 is 1.07 bits per heavy atom. The first-order valence-electron chi connectivity index (χ1n) is 10.5. The molecule has 148 valence electrons. The highest BCUT2D eigenvalue weighted by Gasteiger charge is 2.23. The summed E-state index contributed by atoms with van der Waals surface area (Å²) in [5.41, 5.74) is 4.72. The zero-order chi connectivity index (χ0) is 20.3. The predicted octanol–water partition coefficient (Wildman–Crippen LogP) is 5.48. The highest BCUT2D eigenvalue weighted by molar-refractivity contribution is 5.87. The largest absolute Gasteiger partial charge is 0.362 e. The molecule has 0 aliphatic carbocycles. The summed E-state index contributed by atoms with van der Waals surface area (Å²) < 4.78 is 2.28. The Hall–Kier alpha value is -2.48. The van der Waals surface area contributed by atoms with Crippen molar-refractivity contribution in [2.75, 3.05) is 0 Å². The van der Waals surface area contributed by atoms with Gasteiger partial charge in [-0.25, -0.2) is 0 Å². The van der Waals surface area contributed by atoms with Gasteiger partial charge in [0.1, 0.15) is 0 Å². The Bertz CT molecular complexity index is 1010. The Labute approximate surface area is 169 Å². The van der Waals surface area contributed by atoms with Crippen LogP contribution >= 0.6 is 0 Å². The predicted molar refractivity (Wildman–Crippen MR) is 124 cm³/mol. The van der Waals surface area contributed by atoms with E-state index in [4.69, 9.17) is 0 Å². The molecule has 3 rings (SSSR count). The number of rotatable bonds is 8. The lowest BCUT2D eigenvalue weighted by Gasteiger charge is -2.29. The Morgan fingerprint density at radius 2 is 1.82 bits per heavy atom. The third-order valence-corrected chi connectivity index (χ3v) is 5.90. The number of benzene rings is 1. The number of aromatic nitrogens is 1. The van der Waals surface area contributed by atoms with Gasteiger partial charge in [0.25, 0.3) is 0 Å². The first-order chi connectivity index (χ1) is 13.4. The SMILES string of the molecule is C=C(C)CCCCCCc1cccc2c(=C)n(C3CCC(=C)NC3=C)c(=C)c12. The van der Waals surface area contributed by atoms with Crippen LogP contribution in [0.2, 0.25) is 0 Å². The molecular weight excluding hydrogens is 340 g/mol. The minimum Gasteiger partial charge on any atom is -0.362 e. The van der Waals surface area contributed by atoms with Gasteiger partial charge >= 0.3 is 0 Å². The van der Waals surface area contributed by atoms with Crippen LogP contribution in [0, 0.1) is 0 Å². The van der Waals surface area contributed by atoms with E-state index in [1.165, 1.54) is 47.6 Å². The van der Waals surface area contributed by atoms with Gasteiger partial charge in [0.2, 0.25) is 0 Å². The lowest BCUT2D eigenvalue weighted by atomic mass is 10.0. The first kappa shape index (κ1) is 20.3. The molecule has 1 fully saturated rings. The average molecular weight is 375 g/mol. The summed E-state index contributed by atoms with van der Waals surface area (Å²) in [6.45, 7) is 23.2. The van der Waals surface area contributed by atoms with Crippen LogP contribution in [0.5, 0.6) is 0 Å². The highest BCUT2D eigenvalue weighted by Crippen LogP contribution is 2.27. The number of piperidine rings is 1. The van der Waals surface area contributed by atoms with E-state index in [0.29, 0.717) is 0 Å². The second kappa shape index (κ2) is 8.68. The van der Waals surface area contributed by atoms with Crippen molar-refractivity contribution in [3.63, 3.8) is 0 Å². The lowest BCUT2D eigenvalue weighted by Crippen LogP contribution is -2.36. The standard InChI is InChI=1S/C26H34N2/c1-18(2)12-9-7-8-10-13-23-14-11-15-24-21(5)28(22(6)26(23)24)25-17-16-19(3)27-20(25)4/h11,14-15,25,27H,1,3-10,12-13,16-17H2,2H3. The van der Waals surface area contributed by atoms with Crippen molar-refractivity contribution in [3.8, 4) is 0 Å². The molecule has 2 heteroatoms. The number of nitrogens with zero attached hydrogens (tertiary/aromatic N) is 1. The lowest BCUT2D eigenvalue weighted by molar-refractivity contribution is 0.458. The van der Waals surface area contributed by atoms with Gasteiger partial charge in [0.15, 0.2) is 0 Å². The topological polar surface area (TPSA) is 17.0 Å². The van der Waals surface area contributed by atoms with Crippen LogP contribution < -0.4 is 16.0 Å². The Kier molecular flexibility index (Phi) is 6.28. The number of nitrogens with one attached hydrogen (secondary N) is 1. The van der Waals surface area contributed by atoms with E-state index in [-0.39, 0.29) is 6.04 Å². The molecule has 1 unspecified atom stereocenters. The van der Waals surface area contributed by atoms with Gasteiger partial charge in [-0.15, -0.1) is 6.58 Å². The smallest absolute Gasteiger partial charge is 0.0738 e. The van der Waals surface area contributed by atoms with Crippen molar-refractivity contribution in [1.82, 2.24) is 9.88 Å². The van der Waals surface area contributed by atoms with Crippen LogP contribution in [0.1, 0.15) is 63.5 Å². The number of aryl methyl sites for hydroxylation is 1. The maximum atomic E-state index is 4.46. The van der Waals surface area contributed by atoms with E-state index in [1.807, 2.05) is 0 Å². The molecule has 1 aromatic heterocycles. The van der Waals surface area contributed by atoms with Crippen molar-refractivity contribution in [2.24, 2.45) is 0 Å². The van der Waals surface area contributed by atoms with Gasteiger partial charge in [-0.2, -0.15) is 0 Å². The van der Waals surface area contributed by atoms with Crippen molar-refractivity contribution in [2.45, 2.75) is 64.3 Å². The zero-order valence-electron chi connectivity index (χ0n) is 17.4. The van der Waals surface area contributed by atoms with Gasteiger partial charge in [0.05, 0.1) is 6.04 Å². The minimum absolute atomic E-state index is 0.188. The Morgan fingerprint density at radius 3 is 2.54 bits per heavy atom. The van der Waals surface area contributed by atoms with E-state index >= 15 is 0 Å². The fourth-order valence-corrected chi connectivity index (χ4v) is 4.42. The molecule has 0 amide bonds.